The predicted molar refractivity (Wildman–Crippen MR) is 84.9 cm³/mol. The van der Waals surface area contributed by atoms with E-state index in [4.69, 9.17) is 17.3 Å². The minimum atomic E-state index is -0.742. The van der Waals surface area contributed by atoms with Gasteiger partial charge in [0.25, 0.3) is 5.69 Å². The zero-order valence-electron chi connectivity index (χ0n) is 11.5. The molecule has 6 nitrogen and oxygen atoms in total. The molecule has 2 aromatic rings. The van der Waals surface area contributed by atoms with Crippen molar-refractivity contribution in [3.63, 3.8) is 0 Å². The number of nitro groups is 1. The smallest absolute Gasteiger partial charge is 0.271 e. The highest BCUT2D eigenvalue weighted by molar-refractivity contribution is 6.34. The fourth-order valence-electron chi connectivity index (χ4n) is 1.91. The van der Waals surface area contributed by atoms with Crippen LogP contribution in [0.2, 0.25) is 5.02 Å². The number of hydrogen-bond acceptors (Lipinski definition) is 4. The summed E-state index contributed by atoms with van der Waals surface area (Å²) in [6, 6.07) is 12.5. The molecule has 2 rings (SSSR count). The van der Waals surface area contributed by atoms with Gasteiger partial charge in [-0.05, 0) is 18.1 Å². The van der Waals surface area contributed by atoms with Crippen molar-refractivity contribution < 1.29 is 9.72 Å². The number of amides is 1. The third kappa shape index (κ3) is 4.03. The number of carbonyl (C=O) groups excluding carboxylic acids is 1. The lowest BCUT2D eigenvalue weighted by Gasteiger charge is -2.13. The van der Waals surface area contributed by atoms with Crippen LogP contribution in [0.1, 0.15) is 5.56 Å². The van der Waals surface area contributed by atoms with E-state index in [0.29, 0.717) is 12.1 Å². The Morgan fingerprint density at radius 3 is 2.55 bits per heavy atom. The van der Waals surface area contributed by atoms with Gasteiger partial charge in [-0.1, -0.05) is 41.9 Å². The molecule has 0 aliphatic carbocycles. The maximum Gasteiger partial charge on any atom is 0.271 e. The minimum Gasteiger partial charge on any atom is -0.323 e. The van der Waals surface area contributed by atoms with Crippen LogP contribution >= 0.6 is 11.6 Å². The number of nitrogens with zero attached hydrogens (tertiary/aromatic N) is 1. The molecule has 0 aliphatic heterocycles. The highest BCUT2D eigenvalue weighted by atomic mass is 35.5. The van der Waals surface area contributed by atoms with Crippen LogP contribution < -0.4 is 11.1 Å². The lowest BCUT2D eigenvalue weighted by molar-refractivity contribution is -0.384. The number of hydrogen-bond donors (Lipinski definition) is 2. The number of halogens is 1. The Morgan fingerprint density at radius 2 is 1.95 bits per heavy atom. The molecular weight excluding hydrogens is 306 g/mol. The summed E-state index contributed by atoms with van der Waals surface area (Å²) in [7, 11) is 0. The zero-order chi connectivity index (χ0) is 16.1. The summed E-state index contributed by atoms with van der Waals surface area (Å²) >= 11 is 5.92. The second-order valence-electron chi connectivity index (χ2n) is 4.71. The van der Waals surface area contributed by atoms with Gasteiger partial charge in [-0.2, -0.15) is 0 Å². The number of nitro benzene ring substituents is 1. The molecule has 1 amide bonds. The SMILES string of the molecule is N[C@H](Cc1ccccc1)C(=O)Nc1ccc([N+](=O)[O-])cc1Cl. The molecule has 0 saturated carbocycles. The molecule has 0 heterocycles. The van der Waals surface area contributed by atoms with Crippen molar-refractivity contribution in [3.05, 3.63) is 69.2 Å². The Hall–Kier alpha value is -2.44. The van der Waals surface area contributed by atoms with Crippen molar-refractivity contribution in [2.24, 2.45) is 5.73 Å². The molecule has 2 aromatic carbocycles. The zero-order valence-corrected chi connectivity index (χ0v) is 12.3. The molecular formula is C15H14ClN3O3. The fourth-order valence-corrected chi connectivity index (χ4v) is 2.13. The number of anilines is 1. The molecule has 1 atom stereocenters. The first-order valence-electron chi connectivity index (χ1n) is 6.51. The van der Waals surface area contributed by atoms with E-state index in [1.165, 1.54) is 18.2 Å². The standard InChI is InChI=1S/C15H14ClN3O3/c16-12-9-11(19(21)22)6-7-14(12)18-15(20)13(17)8-10-4-2-1-3-5-10/h1-7,9,13H,8,17H2,(H,18,20)/t13-/m1/s1. The summed E-state index contributed by atoms with van der Waals surface area (Å²) in [5.74, 6) is -0.403. The third-order valence-corrected chi connectivity index (χ3v) is 3.37. The highest BCUT2D eigenvalue weighted by Gasteiger charge is 2.17. The molecule has 0 unspecified atom stereocenters. The minimum absolute atomic E-state index is 0.0921. The maximum absolute atomic E-state index is 12.1. The van der Waals surface area contributed by atoms with Gasteiger partial charge in [-0.25, -0.2) is 0 Å². The van der Waals surface area contributed by atoms with Gasteiger partial charge in [0.15, 0.2) is 0 Å². The third-order valence-electron chi connectivity index (χ3n) is 3.06. The van der Waals surface area contributed by atoms with Crippen LogP contribution in [0.15, 0.2) is 48.5 Å². The number of nitrogens with two attached hydrogens (primary N) is 1. The van der Waals surface area contributed by atoms with Crippen molar-refractivity contribution in [2.75, 3.05) is 5.32 Å². The van der Waals surface area contributed by atoms with Crippen molar-refractivity contribution in [1.29, 1.82) is 0 Å². The van der Waals surface area contributed by atoms with Crippen LogP contribution in [-0.4, -0.2) is 16.9 Å². The summed E-state index contributed by atoms with van der Waals surface area (Å²) in [6.07, 6.45) is 0.386. The molecule has 0 radical (unpaired) electrons. The van der Waals surface area contributed by atoms with Gasteiger partial charge in [0.2, 0.25) is 5.91 Å². The predicted octanol–water partition coefficient (Wildman–Crippen LogP) is 2.76. The number of benzene rings is 2. The van der Waals surface area contributed by atoms with Crippen molar-refractivity contribution in [3.8, 4) is 0 Å². The molecule has 0 spiro atoms. The largest absolute Gasteiger partial charge is 0.323 e. The summed E-state index contributed by atoms with van der Waals surface area (Å²) in [4.78, 5) is 22.1. The molecule has 22 heavy (non-hydrogen) atoms. The second-order valence-corrected chi connectivity index (χ2v) is 5.11. The fraction of sp³-hybridized carbons (Fsp3) is 0.133. The Balaban J connectivity index is 2.04. The van der Waals surface area contributed by atoms with Gasteiger partial charge in [0, 0.05) is 12.1 Å². The lowest BCUT2D eigenvalue weighted by atomic mass is 10.1. The Labute approximate surface area is 132 Å². The molecule has 0 fully saturated rings. The Bertz CT molecular complexity index is 692. The topological polar surface area (TPSA) is 98.3 Å². The number of non-ortho nitro benzene ring substituents is 1. The van der Waals surface area contributed by atoms with Crippen LogP contribution in [0.25, 0.3) is 0 Å². The van der Waals surface area contributed by atoms with Crippen molar-refractivity contribution in [1.82, 2.24) is 0 Å². The lowest BCUT2D eigenvalue weighted by Crippen LogP contribution is -2.37. The van der Waals surface area contributed by atoms with E-state index in [9.17, 15) is 14.9 Å². The molecule has 3 N–H and O–H groups in total. The van der Waals surface area contributed by atoms with E-state index in [1.807, 2.05) is 30.3 Å². The van der Waals surface area contributed by atoms with E-state index in [0.717, 1.165) is 5.56 Å². The molecule has 7 heteroatoms. The van der Waals surface area contributed by atoms with Crippen LogP contribution in [0, 0.1) is 10.1 Å². The van der Waals surface area contributed by atoms with Crippen molar-refractivity contribution >= 4 is 28.9 Å². The van der Waals surface area contributed by atoms with E-state index in [2.05, 4.69) is 5.32 Å². The summed E-state index contributed by atoms with van der Waals surface area (Å²) in [5.41, 5.74) is 6.96. The quantitative estimate of drug-likeness (QED) is 0.654. The molecule has 0 bridgehead atoms. The average Bonchev–Trinajstić information content (AvgIpc) is 2.50. The first kappa shape index (κ1) is 15.9. The average molecular weight is 320 g/mol. The monoisotopic (exact) mass is 319 g/mol. The van der Waals surface area contributed by atoms with Crippen LogP contribution in [0.4, 0.5) is 11.4 Å². The van der Waals surface area contributed by atoms with Crippen LogP contribution in [0.3, 0.4) is 0 Å². The summed E-state index contributed by atoms with van der Waals surface area (Å²) in [5, 5.41) is 13.3. The van der Waals surface area contributed by atoms with E-state index >= 15 is 0 Å². The number of rotatable bonds is 5. The normalized spacial score (nSPS) is 11.7. The Kier molecular flexibility index (Phi) is 5.08. The van der Waals surface area contributed by atoms with Gasteiger partial charge in [0.05, 0.1) is 21.7 Å². The van der Waals surface area contributed by atoms with Gasteiger partial charge in [0.1, 0.15) is 0 Å². The van der Waals surface area contributed by atoms with Crippen LogP contribution in [-0.2, 0) is 11.2 Å². The molecule has 114 valence electrons. The second kappa shape index (κ2) is 7.02. The highest BCUT2D eigenvalue weighted by Crippen LogP contribution is 2.26. The van der Waals surface area contributed by atoms with Crippen molar-refractivity contribution in [2.45, 2.75) is 12.5 Å². The van der Waals surface area contributed by atoms with Gasteiger partial charge >= 0.3 is 0 Å². The van der Waals surface area contributed by atoms with Gasteiger partial charge in [-0.15, -0.1) is 0 Å². The first-order valence-corrected chi connectivity index (χ1v) is 6.89. The molecule has 0 aliphatic rings. The molecule has 0 saturated heterocycles. The maximum atomic E-state index is 12.1. The first-order chi connectivity index (χ1) is 10.5. The van der Waals surface area contributed by atoms with E-state index < -0.39 is 16.9 Å². The number of carbonyl (C=O) groups is 1. The van der Waals surface area contributed by atoms with E-state index in [1.54, 1.807) is 0 Å². The van der Waals surface area contributed by atoms with Gasteiger partial charge < -0.3 is 11.1 Å². The van der Waals surface area contributed by atoms with Gasteiger partial charge in [-0.3, -0.25) is 14.9 Å². The Morgan fingerprint density at radius 1 is 1.27 bits per heavy atom. The number of nitrogens with one attached hydrogen (secondary N) is 1. The van der Waals surface area contributed by atoms with E-state index in [-0.39, 0.29) is 10.7 Å². The summed E-state index contributed by atoms with van der Waals surface area (Å²) in [6.45, 7) is 0. The summed E-state index contributed by atoms with van der Waals surface area (Å²) < 4.78 is 0. The van der Waals surface area contributed by atoms with Crippen LogP contribution in [0.5, 0.6) is 0 Å². The molecule has 0 aromatic heterocycles.